The first-order valence-corrected chi connectivity index (χ1v) is 11.0. The second-order valence-electron chi connectivity index (χ2n) is 6.55. The molecule has 0 radical (unpaired) electrons. The second kappa shape index (κ2) is 11.9. The summed E-state index contributed by atoms with van der Waals surface area (Å²) in [7, 11) is -3.39. The average molecular weight is 369 g/mol. The molecule has 1 aromatic rings. The van der Waals surface area contributed by atoms with Crippen molar-refractivity contribution in [1.82, 2.24) is 0 Å². The van der Waals surface area contributed by atoms with Crippen molar-refractivity contribution in [2.75, 3.05) is 10.5 Å². The van der Waals surface area contributed by atoms with Crippen molar-refractivity contribution in [1.29, 1.82) is 0 Å². The van der Waals surface area contributed by atoms with Gasteiger partial charge in [-0.05, 0) is 24.6 Å². The van der Waals surface area contributed by atoms with Crippen molar-refractivity contribution in [2.24, 2.45) is 5.73 Å². The minimum Gasteiger partial charge on any atom is -0.366 e. The summed E-state index contributed by atoms with van der Waals surface area (Å²) in [5.41, 5.74) is 5.87. The number of carbonyl (C=O) groups excluding carboxylic acids is 1. The normalized spacial score (nSPS) is 11.4. The molecule has 0 saturated carbocycles. The number of nitrogens with two attached hydrogens (primary N) is 1. The Hall–Kier alpha value is -1.56. The maximum atomic E-state index is 12.1. The number of nitrogens with one attached hydrogen (secondary N) is 1. The molecular weight excluding hydrogens is 336 g/mol. The molecule has 0 bridgehead atoms. The Morgan fingerprint density at radius 1 is 0.960 bits per heavy atom. The van der Waals surface area contributed by atoms with Gasteiger partial charge >= 0.3 is 0 Å². The van der Waals surface area contributed by atoms with Gasteiger partial charge in [-0.3, -0.25) is 9.52 Å². The molecule has 0 spiro atoms. The summed E-state index contributed by atoms with van der Waals surface area (Å²) in [6.45, 7) is 2.22. The third kappa shape index (κ3) is 10.1. The van der Waals surface area contributed by atoms with Gasteiger partial charge in [-0.1, -0.05) is 70.8 Å². The molecule has 0 saturated heterocycles. The molecule has 25 heavy (non-hydrogen) atoms. The highest BCUT2D eigenvalue weighted by atomic mass is 32.2. The maximum Gasteiger partial charge on any atom is 0.248 e. The first-order chi connectivity index (χ1) is 11.9. The predicted octanol–water partition coefficient (Wildman–Crippen LogP) is 4.45. The number of unbranched alkanes of at least 4 members (excludes halogenated alkanes) is 9. The molecular formula is C19H32N2O3S. The lowest BCUT2D eigenvalue weighted by Gasteiger charge is -2.09. The van der Waals surface area contributed by atoms with Gasteiger partial charge in [-0.15, -0.1) is 0 Å². The van der Waals surface area contributed by atoms with Crippen molar-refractivity contribution in [3.05, 3.63) is 29.8 Å². The van der Waals surface area contributed by atoms with E-state index in [0.29, 0.717) is 17.7 Å². The van der Waals surface area contributed by atoms with Gasteiger partial charge in [0.05, 0.1) is 5.75 Å². The number of carbonyl (C=O) groups is 1. The number of hydrogen-bond acceptors (Lipinski definition) is 3. The molecule has 1 amide bonds. The molecule has 0 atom stereocenters. The van der Waals surface area contributed by atoms with Crippen LogP contribution in [0.4, 0.5) is 5.69 Å². The molecule has 6 heteroatoms. The van der Waals surface area contributed by atoms with Crippen LogP contribution in [-0.2, 0) is 10.0 Å². The molecule has 1 aromatic carbocycles. The van der Waals surface area contributed by atoms with Gasteiger partial charge in [0.15, 0.2) is 0 Å². The molecule has 0 heterocycles. The van der Waals surface area contributed by atoms with E-state index in [1.54, 1.807) is 18.2 Å². The smallest absolute Gasteiger partial charge is 0.248 e. The molecule has 1 rings (SSSR count). The quantitative estimate of drug-likeness (QED) is 0.475. The van der Waals surface area contributed by atoms with E-state index in [0.717, 1.165) is 12.8 Å². The van der Waals surface area contributed by atoms with E-state index in [-0.39, 0.29) is 5.75 Å². The summed E-state index contributed by atoms with van der Waals surface area (Å²) in [6.07, 6.45) is 11.6. The Labute approximate surface area is 152 Å². The minimum atomic E-state index is -3.39. The Balaban J connectivity index is 2.19. The molecule has 142 valence electrons. The zero-order valence-electron chi connectivity index (χ0n) is 15.3. The third-order valence-electron chi connectivity index (χ3n) is 4.19. The van der Waals surface area contributed by atoms with E-state index in [2.05, 4.69) is 11.6 Å². The average Bonchev–Trinajstić information content (AvgIpc) is 2.56. The minimum absolute atomic E-state index is 0.101. The highest BCUT2D eigenvalue weighted by Crippen LogP contribution is 2.14. The number of sulfonamides is 1. The molecule has 0 unspecified atom stereocenters. The van der Waals surface area contributed by atoms with Crippen LogP contribution >= 0.6 is 0 Å². The molecule has 5 nitrogen and oxygen atoms in total. The topological polar surface area (TPSA) is 89.3 Å². The summed E-state index contributed by atoms with van der Waals surface area (Å²) in [6, 6.07) is 6.24. The number of benzene rings is 1. The highest BCUT2D eigenvalue weighted by Gasteiger charge is 2.11. The summed E-state index contributed by atoms with van der Waals surface area (Å²) in [5, 5.41) is 0. The predicted molar refractivity (Wildman–Crippen MR) is 104 cm³/mol. The van der Waals surface area contributed by atoms with Gasteiger partial charge in [0.2, 0.25) is 15.9 Å². The van der Waals surface area contributed by atoms with Crippen molar-refractivity contribution in [3.63, 3.8) is 0 Å². The molecule has 0 fully saturated rings. The molecule has 3 N–H and O–H groups in total. The first-order valence-electron chi connectivity index (χ1n) is 9.35. The lowest BCUT2D eigenvalue weighted by atomic mass is 10.1. The van der Waals surface area contributed by atoms with Crippen molar-refractivity contribution >= 4 is 21.6 Å². The van der Waals surface area contributed by atoms with Crippen LogP contribution in [0.3, 0.4) is 0 Å². The fourth-order valence-electron chi connectivity index (χ4n) is 2.75. The summed E-state index contributed by atoms with van der Waals surface area (Å²) >= 11 is 0. The van der Waals surface area contributed by atoms with E-state index in [1.165, 1.54) is 51.0 Å². The largest absolute Gasteiger partial charge is 0.366 e. The second-order valence-corrected chi connectivity index (χ2v) is 8.39. The molecule has 0 aliphatic carbocycles. The SMILES string of the molecule is CCCCCCCCCCCCS(=O)(=O)Nc1cccc(C(N)=O)c1. The number of anilines is 1. The molecule has 0 aliphatic heterocycles. The fraction of sp³-hybridized carbons (Fsp3) is 0.632. The Bertz CT molecular complexity index is 615. The summed E-state index contributed by atoms with van der Waals surface area (Å²) in [5.74, 6) is -0.472. The third-order valence-corrected chi connectivity index (χ3v) is 5.56. The van der Waals surface area contributed by atoms with Crippen LogP contribution in [0.2, 0.25) is 0 Å². The maximum absolute atomic E-state index is 12.1. The number of hydrogen-bond donors (Lipinski definition) is 2. The van der Waals surface area contributed by atoms with Crippen LogP contribution < -0.4 is 10.5 Å². The van der Waals surface area contributed by atoms with E-state index < -0.39 is 15.9 Å². The van der Waals surface area contributed by atoms with Crippen molar-refractivity contribution in [3.8, 4) is 0 Å². The van der Waals surface area contributed by atoms with Crippen LogP contribution in [0.15, 0.2) is 24.3 Å². The Morgan fingerprint density at radius 3 is 2.08 bits per heavy atom. The lowest BCUT2D eigenvalue weighted by Crippen LogP contribution is -2.17. The Morgan fingerprint density at radius 2 is 1.52 bits per heavy atom. The lowest BCUT2D eigenvalue weighted by molar-refractivity contribution is 0.100. The van der Waals surface area contributed by atoms with Crippen LogP contribution in [0.1, 0.15) is 81.5 Å². The Kier molecular flexibility index (Phi) is 10.2. The number of primary amides is 1. The standard InChI is InChI=1S/C19H32N2O3S/c1-2-3-4-5-6-7-8-9-10-11-15-25(23,24)21-18-14-12-13-17(16-18)19(20)22/h12-14,16,21H,2-11,15H2,1H3,(H2,20,22). The summed E-state index contributed by atoms with van der Waals surface area (Å²) in [4.78, 5) is 11.1. The van der Waals surface area contributed by atoms with Gasteiger partial charge in [-0.25, -0.2) is 8.42 Å². The van der Waals surface area contributed by atoms with Crippen LogP contribution in [0.25, 0.3) is 0 Å². The fourth-order valence-corrected chi connectivity index (χ4v) is 3.92. The monoisotopic (exact) mass is 368 g/mol. The van der Waals surface area contributed by atoms with E-state index in [9.17, 15) is 13.2 Å². The van der Waals surface area contributed by atoms with Crippen molar-refractivity contribution < 1.29 is 13.2 Å². The van der Waals surface area contributed by atoms with E-state index >= 15 is 0 Å². The van der Waals surface area contributed by atoms with Crippen LogP contribution in [0, 0.1) is 0 Å². The van der Waals surface area contributed by atoms with Gasteiger partial charge < -0.3 is 5.73 Å². The number of amides is 1. The van der Waals surface area contributed by atoms with Gasteiger partial charge in [0, 0.05) is 11.3 Å². The zero-order valence-corrected chi connectivity index (χ0v) is 16.1. The summed E-state index contributed by atoms with van der Waals surface area (Å²) < 4.78 is 26.7. The van der Waals surface area contributed by atoms with E-state index in [1.807, 2.05) is 0 Å². The number of rotatable bonds is 14. The van der Waals surface area contributed by atoms with Gasteiger partial charge in [-0.2, -0.15) is 0 Å². The first kappa shape index (κ1) is 21.5. The zero-order chi connectivity index (χ0) is 18.5. The van der Waals surface area contributed by atoms with E-state index in [4.69, 9.17) is 5.73 Å². The molecule has 0 aliphatic rings. The van der Waals surface area contributed by atoms with Crippen LogP contribution in [0.5, 0.6) is 0 Å². The molecule has 0 aromatic heterocycles. The van der Waals surface area contributed by atoms with Gasteiger partial charge in [0.25, 0.3) is 0 Å². The van der Waals surface area contributed by atoms with Gasteiger partial charge in [0.1, 0.15) is 0 Å². The van der Waals surface area contributed by atoms with Crippen molar-refractivity contribution in [2.45, 2.75) is 71.1 Å². The highest BCUT2D eigenvalue weighted by molar-refractivity contribution is 7.92. The van der Waals surface area contributed by atoms with Crippen LogP contribution in [-0.4, -0.2) is 20.1 Å².